The van der Waals surface area contributed by atoms with Gasteiger partial charge in [-0.05, 0) is 30.7 Å². The van der Waals surface area contributed by atoms with Gasteiger partial charge in [-0.25, -0.2) is 4.79 Å². The summed E-state index contributed by atoms with van der Waals surface area (Å²) in [6, 6.07) is 6.28. The maximum absolute atomic E-state index is 11.9. The van der Waals surface area contributed by atoms with E-state index in [0.717, 1.165) is 0 Å². The molecule has 0 spiro atoms. The number of nitrogens with one attached hydrogen (secondary N) is 2. The fraction of sp³-hybridized carbons (Fsp3) is 0.286. The lowest BCUT2D eigenvalue weighted by Gasteiger charge is -2.08. The summed E-state index contributed by atoms with van der Waals surface area (Å²) in [6.07, 6.45) is 0.608. The molecule has 0 radical (unpaired) electrons. The van der Waals surface area contributed by atoms with Crippen LogP contribution in [0.2, 0.25) is 5.02 Å². The van der Waals surface area contributed by atoms with E-state index in [9.17, 15) is 9.59 Å². The molecule has 128 valence electrons. The van der Waals surface area contributed by atoms with Gasteiger partial charge in [0.15, 0.2) is 4.34 Å². The Labute approximate surface area is 152 Å². The number of benzene rings is 1. The number of aromatic nitrogens is 2. The topological polar surface area (TPSA) is 93.2 Å². The molecular formula is C14H15ClN4O3S2. The van der Waals surface area contributed by atoms with Crippen LogP contribution in [0.3, 0.4) is 0 Å². The number of hydrogen-bond donors (Lipinski definition) is 2. The summed E-state index contributed by atoms with van der Waals surface area (Å²) < 4.78 is 5.31. The first-order chi connectivity index (χ1) is 11.5. The first-order valence-electron chi connectivity index (χ1n) is 6.93. The van der Waals surface area contributed by atoms with E-state index in [4.69, 9.17) is 16.3 Å². The predicted molar refractivity (Wildman–Crippen MR) is 96.0 cm³/mol. The molecular weight excluding hydrogens is 372 g/mol. The second-order valence-electron chi connectivity index (χ2n) is 4.50. The van der Waals surface area contributed by atoms with Crippen LogP contribution >= 0.6 is 34.7 Å². The third kappa shape index (κ3) is 5.36. The van der Waals surface area contributed by atoms with Gasteiger partial charge in [0.1, 0.15) is 5.25 Å². The predicted octanol–water partition coefficient (Wildman–Crippen LogP) is 3.88. The fourth-order valence-corrected chi connectivity index (χ4v) is 3.72. The Morgan fingerprint density at radius 3 is 2.62 bits per heavy atom. The molecule has 0 unspecified atom stereocenters. The number of esters is 1. The van der Waals surface area contributed by atoms with E-state index in [1.165, 1.54) is 30.2 Å². The molecule has 2 aromatic rings. The van der Waals surface area contributed by atoms with E-state index < -0.39 is 6.03 Å². The van der Waals surface area contributed by atoms with Crippen LogP contribution < -0.4 is 10.6 Å². The Bertz CT molecular complexity index is 708. The van der Waals surface area contributed by atoms with Crippen molar-refractivity contribution in [3.63, 3.8) is 0 Å². The van der Waals surface area contributed by atoms with Crippen LogP contribution in [0.1, 0.15) is 13.3 Å². The van der Waals surface area contributed by atoms with E-state index in [0.29, 0.717) is 26.6 Å². The Hall–Kier alpha value is -1.84. The highest BCUT2D eigenvalue weighted by Crippen LogP contribution is 2.30. The zero-order valence-corrected chi connectivity index (χ0v) is 15.3. The summed E-state index contributed by atoms with van der Waals surface area (Å²) >= 11 is 8.23. The third-order valence-corrected chi connectivity index (χ3v) is 5.32. The van der Waals surface area contributed by atoms with Crippen LogP contribution in [0, 0.1) is 0 Å². The largest absolute Gasteiger partial charge is 0.468 e. The van der Waals surface area contributed by atoms with Gasteiger partial charge in [0.25, 0.3) is 0 Å². The number of hydrogen-bond acceptors (Lipinski definition) is 7. The molecule has 1 aromatic carbocycles. The van der Waals surface area contributed by atoms with Crippen molar-refractivity contribution >= 4 is 57.5 Å². The van der Waals surface area contributed by atoms with Crippen molar-refractivity contribution in [1.82, 2.24) is 10.2 Å². The standard InChI is InChI=1S/C14H15ClN4O3S2/c1-3-10(11(20)22-2)23-14-19-18-13(24-14)17-12(21)16-9-6-4-8(15)5-7-9/h4-7,10H,3H2,1-2H3,(H2,16,17,18,21)/t10-/m1/s1. The molecule has 2 N–H and O–H groups in total. The minimum Gasteiger partial charge on any atom is -0.468 e. The first-order valence-corrected chi connectivity index (χ1v) is 9.00. The summed E-state index contributed by atoms with van der Waals surface area (Å²) in [4.78, 5) is 23.5. The Kier molecular flexibility index (Phi) is 6.83. The third-order valence-electron chi connectivity index (χ3n) is 2.81. The summed E-state index contributed by atoms with van der Waals surface area (Å²) in [7, 11) is 1.35. The molecule has 1 heterocycles. The minimum absolute atomic E-state index is 0.312. The van der Waals surface area contributed by atoms with Gasteiger partial charge in [0, 0.05) is 10.7 Å². The number of carbonyl (C=O) groups is 2. The molecule has 1 aromatic heterocycles. The number of rotatable bonds is 6. The monoisotopic (exact) mass is 386 g/mol. The van der Waals surface area contributed by atoms with Crippen molar-refractivity contribution in [3.8, 4) is 0 Å². The van der Waals surface area contributed by atoms with Gasteiger partial charge in [-0.2, -0.15) is 0 Å². The van der Waals surface area contributed by atoms with E-state index >= 15 is 0 Å². The molecule has 0 aliphatic heterocycles. The van der Waals surface area contributed by atoms with Crippen LogP contribution in [0.15, 0.2) is 28.6 Å². The summed E-state index contributed by atoms with van der Waals surface area (Å²) in [5, 5.41) is 13.7. The molecule has 0 aliphatic rings. The average molecular weight is 387 g/mol. The number of nitrogens with zero attached hydrogens (tertiary/aromatic N) is 2. The quantitative estimate of drug-likeness (QED) is 0.444. The van der Waals surface area contributed by atoms with Gasteiger partial charge in [-0.15, -0.1) is 10.2 Å². The van der Waals surface area contributed by atoms with Crippen molar-refractivity contribution in [1.29, 1.82) is 0 Å². The van der Waals surface area contributed by atoms with Crippen LogP contribution in [-0.4, -0.2) is 34.6 Å². The van der Waals surface area contributed by atoms with Gasteiger partial charge in [0.2, 0.25) is 5.13 Å². The maximum atomic E-state index is 11.9. The molecule has 0 saturated heterocycles. The Morgan fingerprint density at radius 2 is 2.00 bits per heavy atom. The second-order valence-corrected chi connectivity index (χ2v) is 7.36. The lowest BCUT2D eigenvalue weighted by molar-refractivity contribution is -0.140. The fourth-order valence-electron chi connectivity index (χ4n) is 1.65. The zero-order chi connectivity index (χ0) is 17.5. The zero-order valence-electron chi connectivity index (χ0n) is 12.9. The van der Waals surface area contributed by atoms with Crippen LogP contribution in [-0.2, 0) is 9.53 Å². The molecule has 24 heavy (non-hydrogen) atoms. The number of amides is 2. The van der Waals surface area contributed by atoms with Crippen LogP contribution in [0.5, 0.6) is 0 Å². The molecule has 0 aliphatic carbocycles. The highest BCUT2D eigenvalue weighted by Gasteiger charge is 2.21. The summed E-state index contributed by atoms with van der Waals surface area (Å²) in [6.45, 7) is 1.88. The minimum atomic E-state index is -0.440. The van der Waals surface area contributed by atoms with Crippen molar-refractivity contribution in [3.05, 3.63) is 29.3 Å². The molecule has 0 fully saturated rings. The summed E-state index contributed by atoms with van der Waals surface area (Å²) in [5.41, 5.74) is 0.604. The van der Waals surface area contributed by atoms with Crippen molar-refractivity contribution < 1.29 is 14.3 Å². The van der Waals surface area contributed by atoms with Gasteiger partial charge in [0.05, 0.1) is 7.11 Å². The highest BCUT2D eigenvalue weighted by molar-refractivity contribution is 8.02. The Morgan fingerprint density at radius 1 is 1.29 bits per heavy atom. The number of anilines is 2. The molecule has 1 atom stereocenters. The molecule has 0 saturated carbocycles. The van der Waals surface area contributed by atoms with Crippen molar-refractivity contribution in [2.45, 2.75) is 22.9 Å². The van der Waals surface area contributed by atoms with Gasteiger partial charge < -0.3 is 10.1 Å². The number of carbonyl (C=O) groups excluding carboxylic acids is 2. The molecule has 2 amide bonds. The maximum Gasteiger partial charge on any atom is 0.325 e. The van der Waals surface area contributed by atoms with E-state index in [-0.39, 0.29) is 11.2 Å². The molecule has 0 bridgehead atoms. The number of thioether (sulfide) groups is 1. The van der Waals surface area contributed by atoms with Crippen molar-refractivity contribution in [2.24, 2.45) is 0 Å². The average Bonchev–Trinajstić information content (AvgIpc) is 3.01. The first kappa shape index (κ1) is 18.5. The number of ether oxygens (including phenoxy) is 1. The molecule has 7 nitrogen and oxygen atoms in total. The number of methoxy groups -OCH3 is 1. The highest BCUT2D eigenvalue weighted by atomic mass is 35.5. The smallest absolute Gasteiger partial charge is 0.325 e. The second kappa shape index (κ2) is 8.86. The van der Waals surface area contributed by atoms with Gasteiger partial charge >= 0.3 is 12.0 Å². The summed E-state index contributed by atoms with van der Waals surface area (Å²) in [5.74, 6) is -0.312. The van der Waals surface area contributed by atoms with Gasteiger partial charge in [-0.3, -0.25) is 10.1 Å². The van der Waals surface area contributed by atoms with E-state index in [2.05, 4.69) is 20.8 Å². The molecule has 10 heteroatoms. The SMILES string of the molecule is CC[C@@H](Sc1nnc(NC(=O)Nc2ccc(Cl)cc2)s1)C(=O)OC. The lowest BCUT2D eigenvalue weighted by atomic mass is 10.3. The van der Waals surface area contributed by atoms with Crippen LogP contribution in [0.4, 0.5) is 15.6 Å². The van der Waals surface area contributed by atoms with E-state index in [1.54, 1.807) is 24.3 Å². The number of halogens is 1. The van der Waals surface area contributed by atoms with E-state index in [1.807, 2.05) is 6.92 Å². The van der Waals surface area contributed by atoms with Gasteiger partial charge in [-0.1, -0.05) is 41.6 Å². The Balaban J connectivity index is 1.91. The normalized spacial score (nSPS) is 11.6. The molecule has 2 rings (SSSR count). The number of urea groups is 1. The van der Waals surface area contributed by atoms with Crippen LogP contribution in [0.25, 0.3) is 0 Å². The lowest BCUT2D eigenvalue weighted by Crippen LogP contribution is -2.19. The van der Waals surface area contributed by atoms with Crippen molar-refractivity contribution in [2.75, 3.05) is 17.7 Å².